The molecule has 0 bridgehead atoms. The Morgan fingerprint density at radius 3 is 1.03 bits per heavy atom. The monoisotopic (exact) mass is 1940 g/mol. The summed E-state index contributed by atoms with van der Waals surface area (Å²) in [4.78, 5) is 85.6. The van der Waals surface area contributed by atoms with E-state index in [1.807, 2.05) is 198 Å². The van der Waals surface area contributed by atoms with E-state index in [0.29, 0.717) is 44.5 Å². The van der Waals surface area contributed by atoms with Crippen LogP contribution in [0.25, 0.3) is 90.8 Å². The van der Waals surface area contributed by atoms with Gasteiger partial charge in [0, 0.05) is 78.6 Å². The summed E-state index contributed by atoms with van der Waals surface area (Å²) in [6.07, 6.45) is 62.3. The molecule has 0 amide bonds. The van der Waals surface area contributed by atoms with E-state index in [0.717, 1.165) is 114 Å². The smallest absolute Gasteiger partial charge is 0.313 e. The number of rotatable bonds is 24. The van der Waals surface area contributed by atoms with Gasteiger partial charge in [0.1, 0.15) is 46.1 Å². The second kappa shape index (κ2) is 50.0. The number of carbonyl (C=O) groups is 7. The first-order valence-electron chi connectivity index (χ1n) is 45.2. The largest absolute Gasteiger partial charge is 0.497 e. The molecule has 0 N–H and O–H groups in total. The van der Waals surface area contributed by atoms with Gasteiger partial charge in [-0.05, 0) is 321 Å². The van der Waals surface area contributed by atoms with Crippen molar-refractivity contribution in [2.45, 2.75) is 57.8 Å². The fourth-order valence-electron chi connectivity index (χ4n) is 13.9. The fourth-order valence-corrected chi connectivity index (χ4v) is 15.2. The molecule has 18 aromatic heterocycles. The molecule has 2 saturated carbocycles. The lowest BCUT2D eigenvalue weighted by Crippen LogP contribution is -2.27. The van der Waals surface area contributed by atoms with Crippen LogP contribution in [0, 0.1) is 11.8 Å². The number of thiophene rings is 2. The lowest BCUT2D eigenvalue weighted by molar-refractivity contribution is 0.0744. The van der Waals surface area contributed by atoms with E-state index in [1.165, 1.54) is 68.1 Å². The van der Waals surface area contributed by atoms with Crippen LogP contribution in [0.3, 0.4) is 0 Å². The minimum Gasteiger partial charge on any atom is -0.497 e. The Morgan fingerprint density at radius 2 is 0.692 bits per heavy atom. The summed E-state index contributed by atoms with van der Waals surface area (Å²) >= 11 is 2.89. The van der Waals surface area contributed by atoms with Crippen LogP contribution in [0.4, 0.5) is 0 Å². The standard InChI is InChI=1S/C19H14N4O2.C18H16N2O3.C16H18N2O2.C14H10N2O3.2C14H10N2O2S.C14H14N2O2/c24-19(15-4-7-17(8-5-15)22-12-2-11-20-22)23-13-10-16(21-23)6-9-18-3-1-14-25-18;1-22-16-7-4-14(5-8-16)13-18(21)20-11-10-15(19-20)6-9-17-3-2-12-23-17;19-16(13-5-2-1-3-6-13)18-11-10-14(17-18)8-9-15-7-4-12-20-15;2*17-14(13-4-2-10-19-13)16-8-7-11(15-16)5-6-12-3-1-9-18-12;17-14(11-6-9-19-10-11)16-7-5-12(15-16)3-4-13-2-1-8-18-13;17-14(11-3-1-4-11)16-9-8-12(15-16)6-7-13-5-2-10-18-13/h1-14H;2-12H,13H2,1H3;4,7-13H,1-3,5-6H2;3*1-10H;2,5-11H,1,3-4H2/b2*9-6+;9-8+;2*6-5+;4-3+;7-6+. The van der Waals surface area contributed by atoms with Crippen LogP contribution in [-0.4, -0.2) is 127 Å². The summed E-state index contributed by atoms with van der Waals surface area (Å²) < 4.78 is 57.8. The molecule has 0 radical (unpaired) electrons. The third-order valence-electron chi connectivity index (χ3n) is 21.6. The summed E-state index contributed by atoms with van der Waals surface area (Å²) in [5, 5.41) is 39.4. The summed E-state index contributed by atoms with van der Waals surface area (Å²) in [5.74, 6) is 6.00. The van der Waals surface area contributed by atoms with Crippen molar-refractivity contribution in [3.63, 3.8) is 0 Å². The number of carbonyl (C=O) groups excluding carboxylic acids is 7. The molecule has 2 aliphatic carbocycles. The molecule has 20 aromatic rings. The number of ether oxygens (including phenoxy) is 1. The second-order valence-corrected chi connectivity index (χ2v) is 33.2. The molecule has 18 heterocycles. The zero-order valence-electron chi connectivity index (χ0n) is 76.9. The van der Waals surface area contributed by atoms with Gasteiger partial charge < -0.3 is 40.1 Å². The van der Waals surface area contributed by atoms with E-state index >= 15 is 0 Å². The molecule has 0 unspecified atom stereocenters. The van der Waals surface area contributed by atoms with Crippen molar-refractivity contribution < 1.29 is 73.6 Å². The number of methoxy groups -OCH3 is 1. The Balaban J connectivity index is 0.000000120. The van der Waals surface area contributed by atoms with E-state index in [-0.39, 0.29) is 65.4 Å². The Labute approximate surface area is 825 Å². The summed E-state index contributed by atoms with van der Waals surface area (Å²) in [6.45, 7) is 0. The second-order valence-electron chi connectivity index (χ2n) is 31.5. The molecule has 0 aliphatic heterocycles. The Kier molecular flexibility index (Phi) is 34.1. The number of hydrogen-bond acceptors (Lipinski definition) is 26. The first-order valence-corrected chi connectivity index (χ1v) is 47.0. The van der Waals surface area contributed by atoms with Gasteiger partial charge in [-0.25, -0.2) is 37.5 Å². The van der Waals surface area contributed by atoms with Gasteiger partial charge in [-0.1, -0.05) is 43.9 Å². The fraction of sp³-hybridized carbons (Fsp3) is 0.110. The molecule has 716 valence electrons. The minimum absolute atomic E-state index is 0.0900. The zero-order valence-corrected chi connectivity index (χ0v) is 78.5. The lowest BCUT2D eigenvalue weighted by atomic mass is 9.85. The van der Waals surface area contributed by atoms with E-state index in [4.69, 9.17) is 40.1 Å². The molecular formula is C109H92N16O16S2. The van der Waals surface area contributed by atoms with Gasteiger partial charge >= 0.3 is 5.91 Å². The maximum absolute atomic E-state index is 12.5. The van der Waals surface area contributed by atoms with Gasteiger partial charge in [-0.3, -0.25) is 33.6 Å². The quantitative estimate of drug-likeness (QED) is 0.0542. The van der Waals surface area contributed by atoms with Gasteiger partial charge in [-0.15, -0.1) is 11.3 Å². The van der Waals surface area contributed by atoms with Crippen LogP contribution in [0.5, 0.6) is 5.75 Å². The van der Waals surface area contributed by atoms with E-state index in [9.17, 15) is 33.6 Å². The average molecular weight is 1950 g/mol. The molecule has 143 heavy (non-hydrogen) atoms. The van der Waals surface area contributed by atoms with Crippen molar-refractivity contribution in [1.29, 1.82) is 0 Å². The molecule has 34 heteroatoms. The SMILES string of the molecule is COc1ccc(CC(=O)n2ccc(/C=C/c3ccco3)n2)cc1.O=C(C1CCC1)n1ccc(/C=C/c2ccco2)n1.O=C(C1CCCCC1)n1ccc(/C=C/c2ccco2)n1.O=C(c1ccc(-n2cccn2)cc1)n1ccc(/C=C/c2ccco2)n1.O=C(c1ccco1)n1ccc(/C=C/c2ccco2)n1.O=C(c1cccs1)n1ccc(/C=C/c2ccco2)n1.O=C(c1ccsc1)n1ccc(/C=C/c2ccco2)n1. The average Bonchev–Trinajstić information content (AvgIpc) is 1.77. The molecule has 32 nitrogen and oxygen atoms in total. The summed E-state index contributed by atoms with van der Waals surface area (Å²) in [5.41, 5.74) is 8.00. The highest BCUT2D eigenvalue weighted by Gasteiger charge is 2.28. The van der Waals surface area contributed by atoms with Crippen molar-refractivity contribution >= 4 is 149 Å². The molecule has 2 aromatic carbocycles. The summed E-state index contributed by atoms with van der Waals surface area (Å²) in [7, 11) is 1.61. The van der Waals surface area contributed by atoms with Crippen LogP contribution in [0.2, 0.25) is 0 Å². The topological polar surface area (TPSA) is 376 Å². The summed E-state index contributed by atoms with van der Waals surface area (Å²) in [6, 6.07) is 63.4. The van der Waals surface area contributed by atoms with Crippen molar-refractivity contribution in [3.8, 4) is 11.4 Å². The van der Waals surface area contributed by atoms with Crippen molar-refractivity contribution in [1.82, 2.24) is 78.2 Å². The molecule has 2 aliphatic rings. The third kappa shape index (κ3) is 28.6. The van der Waals surface area contributed by atoms with Gasteiger partial charge in [-0.2, -0.15) is 52.1 Å². The van der Waals surface area contributed by atoms with Gasteiger partial charge in [0.05, 0.1) is 120 Å². The highest BCUT2D eigenvalue weighted by Crippen LogP contribution is 2.29. The Morgan fingerprint density at radius 1 is 0.329 bits per heavy atom. The van der Waals surface area contributed by atoms with Crippen molar-refractivity contribution in [2.75, 3.05) is 7.11 Å². The molecule has 22 rings (SSSR count). The predicted octanol–water partition coefficient (Wildman–Crippen LogP) is 23.7. The molecular weight excluding hydrogens is 1850 g/mol. The molecule has 2 fully saturated rings. The van der Waals surface area contributed by atoms with Crippen molar-refractivity contribution in [3.05, 3.63) is 442 Å². The van der Waals surface area contributed by atoms with Crippen LogP contribution in [-0.2, 0) is 6.42 Å². The Hall–Kier alpha value is -18.6. The van der Waals surface area contributed by atoms with Crippen LogP contribution in [0.1, 0.15) is 192 Å². The minimum atomic E-state index is -0.303. The number of benzene rings is 2. The maximum Gasteiger partial charge on any atom is 0.313 e. The third-order valence-corrected chi connectivity index (χ3v) is 23.1. The van der Waals surface area contributed by atoms with Crippen LogP contribution >= 0.6 is 22.7 Å². The molecule has 0 atom stereocenters. The van der Waals surface area contributed by atoms with Crippen LogP contribution in [0.15, 0.2) is 370 Å². The maximum atomic E-state index is 12.5. The van der Waals surface area contributed by atoms with Gasteiger partial charge in [0.2, 0.25) is 11.8 Å². The first kappa shape index (κ1) is 97.5. The number of furan rings is 8. The lowest BCUT2D eigenvalue weighted by Gasteiger charge is -2.22. The van der Waals surface area contributed by atoms with Gasteiger partial charge in [0.15, 0.2) is 5.76 Å². The number of aromatic nitrogens is 16. The highest BCUT2D eigenvalue weighted by atomic mass is 32.1. The van der Waals surface area contributed by atoms with Gasteiger partial charge in [0.25, 0.3) is 23.6 Å². The van der Waals surface area contributed by atoms with E-state index < -0.39 is 0 Å². The Bertz CT molecular complexity index is 7230. The molecule has 0 saturated heterocycles. The number of hydrogen-bond donors (Lipinski definition) is 0. The first-order chi connectivity index (χ1) is 70.2. The zero-order chi connectivity index (χ0) is 98.5. The normalized spacial score (nSPS) is 12.5. The highest BCUT2D eigenvalue weighted by molar-refractivity contribution is 7.12. The van der Waals surface area contributed by atoms with E-state index in [2.05, 4.69) is 40.8 Å². The van der Waals surface area contributed by atoms with E-state index in [1.54, 1.807) is 227 Å². The number of nitrogens with zero attached hydrogens (tertiary/aromatic N) is 16. The molecule has 0 spiro atoms. The predicted molar refractivity (Wildman–Crippen MR) is 541 cm³/mol. The van der Waals surface area contributed by atoms with Crippen LogP contribution < -0.4 is 4.74 Å². The van der Waals surface area contributed by atoms with Crippen molar-refractivity contribution in [2.24, 2.45) is 11.8 Å².